The molecule has 0 atom stereocenters. The van der Waals surface area contributed by atoms with Gasteiger partial charge in [0.25, 0.3) is 0 Å². The van der Waals surface area contributed by atoms with Gasteiger partial charge in [-0.2, -0.15) is 5.10 Å². The van der Waals surface area contributed by atoms with Crippen molar-refractivity contribution < 1.29 is 4.79 Å². The summed E-state index contributed by atoms with van der Waals surface area (Å²) in [6.07, 6.45) is 7.43. The van der Waals surface area contributed by atoms with Gasteiger partial charge in [0.15, 0.2) is 5.78 Å². The van der Waals surface area contributed by atoms with Gasteiger partial charge in [-0.15, -0.1) is 22.7 Å². The number of hydrogen-bond acceptors (Lipinski definition) is 7. The van der Waals surface area contributed by atoms with Gasteiger partial charge in [-0.3, -0.25) is 14.5 Å². The summed E-state index contributed by atoms with van der Waals surface area (Å²) >= 11 is 3.15. The Morgan fingerprint density at radius 3 is 2.70 bits per heavy atom. The van der Waals surface area contributed by atoms with Crippen molar-refractivity contribution >= 4 is 28.5 Å². The van der Waals surface area contributed by atoms with E-state index in [0.29, 0.717) is 6.42 Å². The highest BCUT2D eigenvalue weighted by molar-refractivity contribution is 7.16. The number of carbonyl (C=O) groups is 1. The molecule has 4 aromatic rings. The Labute approximate surface area is 164 Å². The first kappa shape index (κ1) is 17.7. The topological polar surface area (TPSA) is 73.6 Å². The fourth-order valence-corrected chi connectivity index (χ4v) is 4.58. The van der Waals surface area contributed by atoms with Gasteiger partial charge in [0, 0.05) is 29.5 Å². The molecule has 0 spiro atoms. The maximum atomic E-state index is 12.4. The van der Waals surface area contributed by atoms with E-state index in [1.54, 1.807) is 34.6 Å². The summed E-state index contributed by atoms with van der Waals surface area (Å²) in [5.41, 5.74) is 3.90. The summed E-state index contributed by atoms with van der Waals surface area (Å²) in [6.45, 7) is 4.21. The molecular formula is C19H17N5OS2. The van der Waals surface area contributed by atoms with Gasteiger partial charge in [-0.05, 0) is 31.5 Å². The van der Waals surface area contributed by atoms with E-state index in [-0.39, 0.29) is 12.3 Å². The van der Waals surface area contributed by atoms with Crippen LogP contribution >= 0.6 is 22.7 Å². The van der Waals surface area contributed by atoms with Crippen LogP contribution in [0.3, 0.4) is 0 Å². The highest BCUT2D eigenvalue weighted by atomic mass is 32.1. The van der Waals surface area contributed by atoms with E-state index in [1.807, 2.05) is 37.6 Å². The van der Waals surface area contributed by atoms with Gasteiger partial charge < -0.3 is 0 Å². The zero-order chi connectivity index (χ0) is 18.8. The number of hydrogen-bond donors (Lipinski definition) is 0. The highest BCUT2D eigenvalue weighted by Crippen LogP contribution is 2.30. The molecule has 136 valence electrons. The van der Waals surface area contributed by atoms with E-state index in [4.69, 9.17) is 0 Å². The summed E-state index contributed by atoms with van der Waals surface area (Å²) in [7, 11) is 0. The van der Waals surface area contributed by atoms with Crippen LogP contribution in [0, 0.1) is 13.8 Å². The van der Waals surface area contributed by atoms with Gasteiger partial charge >= 0.3 is 0 Å². The first-order chi connectivity index (χ1) is 13.1. The molecular weight excluding hydrogens is 378 g/mol. The summed E-state index contributed by atoms with van der Waals surface area (Å²) in [6, 6.07) is 3.84. The molecule has 0 saturated heterocycles. The molecule has 0 amide bonds. The fraction of sp³-hybridized carbons (Fsp3) is 0.211. The van der Waals surface area contributed by atoms with E-state index in [1.165, 1.54) is 11.3 Å². The van der Waals surface area contributed by atoms with Crippen LogP contribution in [0.5, 0.6) is 0 Å². The number of aromatic nitrogens is 5. The molecule has 6 nitrogen and oxygen atoms in total. The SMILES string of the molecule is Cc1nc(C)c(-c2csc(CC(=O)Cn3cc(-c4ccncc4)cn3)n2)s1. The van der Waals surface area contributed by atoms with Gasteiger partial charge in [0.05, 0.1) is 40.4 Å². The van der Waals surface area contributed by atoms with Crippen LogP contribution in [0.1, 0.15) is 15.7 Å². The number of pyridine rings is 1. The number of carbonyl (C=O) groups excluding carboxylic acids is 1. The van der Waals surface area contributed by atoms with Crippen molar-refractivity contribution in [3.05, 3.63) is 58.0 Å². The molecule has 4 heterocycles. The van der Waals surface area contributed by atoms with Crippen LogP contribution in [0.15, 0.2) is 42.3 Å². The van der Waals surface area contributed by atoms with Crippen molar-refractivity contribution in [1.82, 2.24) is 24.7 Å². The summed E-state index contributed by atoms with van der Waals surface area (Å²) in [5, 5.41) is 8.14. The standard InChI is InChI=1S/C19H17N5OS2/c1-12-19(27-13(2)22-12)17-11-26-18(23-17)7-16(25)10-24-9-15(8-21-24)14-3-5-20-6-4-14/h3-6,8-9,11H,7,10H2,1-2H3. The van der Waals surface area contributed by atoms with E-state index in [9.17, 15) is 4.79 Å². The van der Waals surface area contributed by atoms with E-state index in [2.05, 4.69) is 20.1 Å². The predicted octanol–water partition coefficient (Wildman–Crippen LogP) is 3.95. The minimum atomic E-state index is 0.0810. The van der Waals surface area contributed by atoms with E-state index in [0.717, 1.165) is 37.4 Å². The Hall–Kier alpha value is -2.71. The average molecular weight is 396 g/mol. The number of ketones is 1. The molecule has 4 aromatic heterocycles. The van der Waals surface area contributed by atoms with Crippen LogP contribution in [0.4, 0.5) is 0 Å². The second kappa shape index (κ2) is 7.50. The zero-order valence-corrected chi connectivity index (χ0v) is 16.5. The molecule has 4 rings (SSSR count). The minimum absolute atomic E-state index is 0.0810. The highest BCUT2D eigenvalue weighted by Gasteiger charge is 2.14. The van der Waals surface area contributed by atoms with Gasteiger partial charge in [0.1, 0.15) is 5.01 Å². The molecule has 8 heteroatoms. The van der Waals surface area contributed by atoms with Crippen molar-refractivity contribution in [3.63, 3.8) is 0 Å². The molecule has 0 saturated carbocycles. The van der Waals surface area contributed by atoms with Gasteiger partial charge in [0.2, 0.25) is 0 Å². The third kappa shape index (κ3) is 4.01. The maximum absolute atomic E-state index is 12.4. The fourth-order valence-electron chi connectivity index (χ4n) is 2.81. The van der Waals surface area contributed by atoms with Gasteiger partial charge in [-0.25, -0.2) is 9.97 Å². The summed E-state index contributed by atoms with van der Waals surface area (Å²) in [5.74, 6) is 0.0810. The molecule has 0 aromatic carbocycles. The predicted molar refractivity (Wildman–Crippen MR) is 107 cm³/mol. The lowest BCUT2D eigenvalue weighted by Gasteiger charge is -1.99. The first-order valence-electron chi connectivity index (χ1n) is 8.42. The molecule has 27 heavy (non-hydrogen) atoms. The smallest absolute Gasteiger partial charge is 0.161 e. The summed E-state index contributed by atoms with van der Waals surface area (Å²) < 4.78 is 1.67. The molecule has 0 radical (unpaired) electrons. The quantitative estimate of drug-likeness (QED) is 0.494. The molecule has 0 aliphatic heterocycles. The second-order valence-corrected chi connectivity index (χ2v) is 8.30. The normalized spacial score (nSPS) is 11.0. The minimum Gasteiger partial charge on any atom is -0.297 e. The molecule has 0 aliphatic rings. The number of rotatable bonds is 6. The molecule has 0 unspecified atom stereocenters. The summed E-state index contributed by atoms with van der Waals surface area (Å²) in [4.78, 5) is 26.6. The number of thiazole rings is 2. The number of aryl methyl sites for hydroxylation is 2. The third-order valence-corrected chi connectivity index (χ3v) is 5.97. The Kier molecular flexibility index (Phi) is 4.91. The van der Waals surface area contributed by atoms with Crippen molar-refractivity contribution in [2.24, 2.45) is 0 Å². The van der Waals surface area contributed by atoms with E-state index >= 15 is 0 Å². The third-order valence-electron chi connectivity index (χ3n) is 4.02. The van der Waals surface area contributed by atoms with Crippen molar-refractivity contribution in [2.45, 2.75) is 26.8 Å². The lowest BCUT2D eigenvalue weighted by molar-refractivity contribution is -0.119. The molecule has 0 N–H and O–H groups in total. The van der Waals surface area contributed by atoms with Gasteiger partial charge in [-0.1, -0.05) is 0 Å². The number of Topliss-reactive ketones (excluding diaryl/α,β-unsaturated/α-hetero) is 1. The van der Waals surface area contributed by atoms with Crippen LogP contribution in [-0.4, -0.2) is 30.5 Å². The first-order valence-corrected chi connectivity index (χ1v) is 10.1. The molecule has 0 bridgehead atoms. The van der Waals surface area contributed by atoms with Crippen molar-refractivity contribution in [1.29, 1.82) is 0 Å². The van der Waals surface area contributed by atoms with E-state index < -0.39 is 0 Å². The Morgan fingerprint density at radius 2 is 1.96 bits per heavy atom. The Morgan fingerprint density at radius 1 is 1.15 bits per heavy atom. The van der Waals surface area contributed by atoms with Crippen molar-refractivity contribution in [2.75, 3.05) is 0 Å². The Balaban J connectivity index is 1.42. The molecule has 0 aliphatic carbocycles. The molecule has 0 fully saturated rings. The van der Waals surface area contributed by atoms with Crippen LogP contribution in [0.25, 0.3) is 21.7 Å². The van der Waals surface area contributed by atoms with Crippen molar-refractivity contribution in [3.8, 4) is 21.7 Å². The van der Waals surface area contributed by atoms with Crippen LogP contribution in [0.2, 0.25) is 0 Å². The average Bonchev–Trinajstić information content (AvgIpc) is 3.36. The monoisotopic (exact) mass is 395 g/mol. The second-order valence-electron chi connectivity index (χ2n) is 6.15. The van der Waals surface area contributed by atoms with Crippen LogP contribution in [-0.2, 0) is 17.8 Å². The largest absolute Gasteiger partial charge is 0.297 e. The lowest BCUT2D eigenvalue weighted by Crippen LogP contribution is -2.12. The van der Waals surface area contributed by atoms with Crippen LogP contribution < -0.4 is 0 Å². The zero-order valence-electron chi connectivity index (χ0n) is 14.9. The Bertz CT molecular complexity index is 1080. The maximum Gasteiger partial charge on any atom is 0.161 e. The number of nitrogens with zero attached hydrogens (tertiary/aromatic N) is 5. The lowest BCUT2D eigenvalue weighted by atomic mass is 10.1.